The van der Waals surface area contributed by atoms with Gasteiger partial charge in [-0.1, -0.05) is 0 Å². The monoisotopic (exact) mass is 170 g/mol. The van der Waals surface area contributed by atoms with Crippen LogP contribution in [0.1, 0.15) is 0 Å². The van der Waals surface area contributed by atoms with E-state index in [0.29, 0.717) is 0 Å². The number of nitrogens with one attached hydrogen (secondary N) is 2. The zero-order valence-corrected chi connectivity index (χ0v) is 3.93. The Balaban J connectivity index is -0.0000000200. The molecule has 0 unspecified atom stereocenters. The summed E-state index contributed by atoms with van der Waals surface area (Å²) in [5.74, 6) is 0. The van der Waals surface area contributed by atoms with E-state index < -0.39 is 0 Å². The molecule has 0 aromatic rings. The summed E-state index contributed by atoms with van der Waals surface area (Å²) in [4.78, 5) is 2.00. The maximum Gasteiger partial charge on any atom is 0.211 e. The molecule has 0 saturated heterocycles. The SMILES string of the molecule is N=[N+]=N.[Cu].[Cu]. The van der Waals surface area contributed by atoms with Crippen molar-refractivity contribution in [3.8, 4) is 0 Å². The molecule has 0 fully saturated rings. The van der Waals surface area contributed by atoms with E-state index in [2.05, 4.69) is 0 Å². The van der Waals surface area contributed by atoms with Crippen LogP contribution in [0.3, 0.4) is 0 Å². The standard InChI is InChI=1S/2Cu.H2N3/c;;1-3-2/h;;1-2H/q;;+1. The number of hydrogen-bond acceptors (Lipinski definition) is 2. The van der Waals surface area contributed by atoms with Gasteiger partial charge in [-0.2, -0.15) is 0 Å². The van der Waals surface area contributed by atoms with Crippen LogP contribution in [0, 0.1) is 11.1 Å². The maximum atomic E-state index is 5.50. The average molecular weight is 171 g/mol. The van der Waals surface area contributed by atoms with Gasteiger partial charge in [0, 0.05) is 34.1 Å². The fourth-order valence-corrected chi connectivity index (χ4v) is 0. The summed E-state index contributed by atoms with van der Waals surface area (Å²) in [5.41, 5.74) is 11.0. The van der Waals surface area contributed by atoms with Crippen LogP contribution < -0.4 is 4.91 Å². The fraction of sp³-hybridized carbons (Fsp3) is 0. The largest absolute Gasteiger partial charge is 0.211 e. The molecule has 0 saturated carbocycles. The van der Waals surface area contributed by atoms with Gasteiger partial charge in [0.15, 0.2) is 0 Å². The molecule has 0 aromatic heterocycles. The van der Waals surface area contributed by atoms with E-state index >= 15 is 0 Å². The predicted molar refractivity (Wildman–Crippen MR) is 7.57 cm³/mol. The second-order valence-electron chi connectivity index (χ2n) is 0.112. The smallest absolute Gasteiger partial charge is 0 e. The van der Waals surface area contributed by atoms with Crippen LogP contribution in [0.25, 0.3) is 0 Å². The number of rotatable bonds is 0. The van der Waals surface area contributed by atoms with Gasteiger partial charge >= 0.3 is 0 Å². The number of hydrogen-bond donors (Lipinski definition) is 2. The van der Waals surface area contributed by atoms with Crippen LogP contribution in [0.5, 0.6) is 0 Å². The molecule has 2 N–H and O–H groups in total. The van der Waals surface area contributed by atoms with Gasteiger partial charge in [-0.05, 0) is 0 Å². The Labute approximate surface area is 50.5 Å². The first-order valence-corrected chi connectivity index (χ1v) is 0.447. The van der Waals surface area contributed by atoms with Gasteiger partial charge in [0.2, 0.25) is 4.91 Å². The Morgan fingerprint density at radius 1 is 1.00 bits per heavy atom. The van der Waals surface area contributed by atoms with E-state index in [1.807, 2.05) is 4.91 Å². The van der Waals surface area contributed by atoms with Crippen LogP contribution in [0.4, 0.5) is 0 Å². The van der Waals surface area contributed by atoms with Crippen molar-refractivity contribution < 1.29 is 34.1 Å². The van der Waals surface area contributed by atoms with Crippen molar-refractivity contribution >= 4 is 0 Å². The van der Waals surface area contributed by atoms with Crippen molar-refractivity contribution in [3.05, 3.63) is 0 Å². The molecule has 3 nitrogen and oxygen atoms in total. The molecular weight excluding hydrogens is 169 g/mol. The Kier molecular flexibility index (Phi) is 98.3. The molecule has 0 rings (SSSR count). The molecule has 0 aromatic carbocycles. The van der Waals surface area contributed by atoms with Crippen molar-refractivity contribution in [2.75, 3.05) is 0 Å². The van der Waals surface area contributed by atoms with E-state index in [1.54, 1.807) is 0 Å². The first-order valence-electron chi connectivity index (χ1n) is 0.447. The Morgan fingerprint density at radius 3 is 1.00 bits per heavy atom. The van der Waals surface area contributed by atoms with Crippen molar-refractivity contribution in [3.63, 3.8) is 0 Å². The van der Waals surface area contributed by atoms with Crippen molar-refractivity contribution in [1.29, 1.82) is 11.1 Å². The van der Waals surface area contributed by atoms with Crippen molar-refractivity contribution in [2.45, 2.75) is 0 Å². The van der Waals surface area contributed by atoms with Crippen LogP contribution in [0.15, 0.2) is 0 Å². The van der Waals surface area contributed by atoms with E-state index in [1.165, 1.54) is 0 Å². The van der Waals surface area contributed by atoms with E-state index in [4.69, 9.17) is 11.1 Å². The molecule has 5 heteroatoms. The maximum absolute atomic E-state index is 5.50. The molecule has 0 aliphatic heterocycles. The van der Waals surface area contributed by atoms with E-state index in [0.717, 1.165) is 0 Å². The molecule has 0 heterocycles. The molecule has 0 atom stereocenters. The third-order valence-corrected chi connectivity index (χ3v) is 0. The first kappa shape index (κ1) is 18.3. The molecular formula is H2Cu2N3+. The van der Waals surface area contributed by atoms with Gasteiger partial charge in [-0.15, -0.1) is 0 Å². The van der Waals surface area contributed by atoms with Gasteiger partial charge in [-0.3, -0.25) is 0 Å². The second-order valence-corrected chi connectivity index (χ2v) is 0.112. The molecule has 0 bridgehead atoms. The Hall–Kier alpha value is 0.349. The first-order chi connectivity index (χ1) is 1.41. The zero-order chi connectivity index (χ0) is 2.71. The fourth-order valence-electron chi connectivity index (χ4n) is 0. The summed E-state index contributed by atoms with van der Waals surface area (Å²) in [6.07, 6.45) is 0. The van der Waals surface area contributed by atoms with Gasteiger partial charge in [0.25, 0.3) is 0 Å². The average Bonchev–Trinajstić information content (AvgIpc) is 0.918. The second kappa shape index (κ2) is 26.8. The van der Waals surface area contributed by atoms with Gasteiger partial charge in [0.05, 0.1) is 0 Å². The summed E-state index contributed by atoms with van der Waals surface area (Å²) in [7, 11) is 0. The molecule has 5 heavy (non-hydrogen) atoms. The van der Waals surface area contributed by atoms with E-state index in [9.17, 15) is 0 Å². The van der Waals surface area contributed by atoms with Gasteiger partial charge < -0.3 is 0 Å². The summed E-state index contributed by atoms with van der Waals surface area (Å²) in [6, 6.07) is 0. The van der Waals surface area contributed by atoms with Gasteiger partial charge in [0.1, 0.15) is 11.1 Å². The minimum Gasteiger partial charge on any atom is 0 e. The normalized spacial score (nSPS) is 1.60. The molecule has 38 valence electrons. The Morgan fingerprint density at radius 2 is 1.00 bits per heavy atom. The Bertz CT molecular complexity index is 25.9. The summed E-state index contributed by atoms with van der Waals surface area (Å²) in [5, 5.41) is 0. The molecule has 0 amide bonds. The van der Waals surface area contributed by atoms with Crippen LogP contribution in [-0.2, 0) is 34.1 Å². The minimum atomic E-state index is 0. The summed E-state index contributed by atoms with van der Waals surface area (Å²) >= 11 is 0. The quantitative estimate of drug-likeness (QED) is 0.295. The molecule has 2 radical (unpaired) electrons. The van der Waals surface area contributed by atoms with Crippen molar-refractivity contribution in [1.82, 2.24) is 4.91 Å². The topological polar surface area (TPSA) is 61.8 Å². The number of nitrogens with zero attached hydrogens (tertiary/aromatic N) is 1. The summed E-state index contributed by atoms with van der Waals surface area (Å²) in [6.45, 7) is 0. The van der Waals surface area contributed by atoms with Crippen LogP contribution >= 0.6 is 0 Å². The molecule has 0 aliphatic rings. The van der Waals surface area contributed by atoms with Crippen molar-refractivity contribution in [2.24, 2.45) is 0 Å². The van der Waals surface area contributed by atoms with Crippen LogP contribution in [-0.4, -0.2) is 0 Å². The third kappa shape index (κ3) is 197. The minimum absolute atomic E-state index is 0. The summed E-state index contributed by atoms with van der Waals surface area (Å²) < 4.78 is 0. The predicted octanol–water partition coefficient (Wildman–Crippen LogP) is 0.111. The third-order valence-electron chi connectivity index (χ3n) is 0. The zero-order valence-electron chi connectivity index (χ0n) is 2.05. The molecule has 0 aliphatic carbocycles. The van der Waals surface area contributed by atoms with Gasteiger partial charge in [-0.25, -0.2) is 0 Å². The van der Waals surface area contributed by atoms with E-state index in [-0.39, 0.29) is 34.1 Å². The molecule has 0 spiro atoms. The van der Waals surface area contributed by atoms with Crippen LogP contribution in [0.2, 0.25) is 0 Å².